The molecule has 1 heterocycles. The lowest BCUT2D eigenvalue weighted by Gasteiger charge is -2.22. The summed E-state index contributed by atoms with van der Waals surface area (Å²) in [5, 5.41) is 4.25. The second kappa shape index (κ2) is 7.68. The number of para-hydroxylation sites is 2. The van der Waals surface area contributed by atoms with Gasteiger partial charge in [0.05, 0.1) is 6.54 Å². The first-order valence-corrected chi connectivity index (χ1v) is 8.39. The highest BCUT2D eigenvalue weighted by Crippen LogP contribution is 2.17. The number of anilines is 1. The molecule has 24 heavy (non-hydrogen) atoms. The van der Waals surface area contributed by atoms with Crippen molar-refractivity contribution in [2.24, 2.45) is 0 Å². The number of likely N-dealkylation sites (N-methyl/N-ethyl adjacent to an activating group) is 1. The van der Waals surface area contributed by atoms with Crippen LogP contribution in [0.25, 0.3) is 10.9 Å². The number of aromatic nitrogens is 1. The van der Waals surface area contributed by atoms with Gasteiger partial charge in [-0.3, -0.25) is 4.79 Å². The molecule has 4 nitrogen and oxygen atoms in total. The summed E-state index contributed by atoms with van der Waals surface area (Å²) < 4.78 is 0. The predicted molar refractivity (Wildman–Crippen MR) is 99.3 cm³/mol. The van der Waals surface area contributed by atoms with Crippen LogP contribution in [-0.4, -0.2) is 30.5 Å². The first kappa shape index (κ1) is 16.1. The largest absolute Gasteiger partial charge is 0.363 e. The Balaban J connectivity index is 1.52. The van der Waals surface area contributed by atoms with Crippen LogP contribution in [0.15, 0.2) is 60.8 Å². The van der Waals surface area contributed by atoms with Gasteiger partial charge in [-0.25, -0.2) is 0 Å². The molecule has 0 fully saturated rings. The summed E-state index contributed by atoms with van der Waals surface area (Å²) in [6.07, 6.45) is 2.85. The number of nitrogens with zero attached hydrogens (tertiary/aromatic N) is 1. The molecular formula is C20H23N3O. The van der Waals surface area contributed by atoms with Gasteiger partial charge in [0, 0.05) is 35.9 Å². The lowest BCUT2D eigenvalue weighted by Crippen LogP contribution is -2.38. The fourth-order valence-corrected chi connectivity index (χ4v) is 2.93. The van der Waals surface area contributed by atoms with Crippen LogP contribution in [0, 0.1) is 0 Å². The van der Waals surface area contributed by atoms with Crippen molar-refractivity contribution in [3.05, 3.63) is 66.4 Å². The number of amides is 1. The van der Waals surface area contributed by atoms with Crippen LogP contribution < -0.4 is 10.2 Å². The number of hydrogen-bond donors (Lipinski definition) is 2. The van der Waals surface area contributed by atoms with Gasteiger partial charge in [0.15, 0.2) is 0 Å². The minimum absolute atomic E-state index is 0.0561. The Kier molecular flexibility index (Phi) is 5.16. The molecule has 124 valence electrons. The summed E-state index contributed by atoms with van der Waals surface area (Å²) >= 11 is 0. The molecule has 0 aliphatic rings. The average molecular weight is 321 g/mol. The number of nitrogens with one attached hydrogen (secondary N) is 2. The highest BCUT2D eigenvalue weighted by molar-refractivity contribution is 5.83. The maximum absolute atomic E-state index is 12.2. The van der Waals surface area contributed by atoms with Gasteiger partial charge in [-0.1, -0.05) is 36.4 Å². The Bertz CT molecular complexity index is 795. The van der Waals surface area contributed by atoms with E-state index in [-0.39, 0.29) is 5.91 Å². The van der Waals surface area contributed by atoms with Crippen LogP contribution in [0.3, 0.4) is 0 Å². The molecule has 4 heteroatoms. The first-order valence-electron chi connectivity index (χ1n) is 8.39. The Morgan fingerprint density at radius 1 is 1.08 bits per heavy atom. The lowest BCUT2D eigenvalue weighted by molar-refractivity contribution is -0.119. The van der Waals surface area contributed by atoms with Crippen molar-refractivity contribution >= 4 is 22.5 Å². The molecule has 0 atom stereocenters. The van der Waals surface area contributed by atoms with Gasteiger partial charge < -0.3 is 15.2 Å². The quantitative estimate of drug-likeness (QED) is 0.701. The molecule has 3 rings (SSSR count). The topological polar surface area (TPSA) is 48.1 Å². The van der Waals surface area contributed by atoms with E-state index in [0.29, 0.717) is 13.1 Å². The Morgan fingerprint density at radius 3 is 2.62 bits per heavy atom. The van der Waals surface area contributed by atoms with Gasteiger partial charge in [0.2, 0.25) is 5.91 Å². The van der Waals surface area contributed by atoms with E-state index in [2.05, 4.69) is 34.3 Å². The number of carbonyl (C=O) groups excluding carboxylic acids is 1. The molecule has 0 spiro atoms. The van der Waals surface area contributed by atoms with Crippen molar-refractivity contribution in [3.8, 4) is 0 Å². The summed E-state index contributed by atoms with van der Waals surface area (Å²) in [6, 6.07) is 18.3. The highest BCUT2D eigenvalue weighted by atomic mass is 16.2. The molecule has 2 N–H and O–H groups in total. The minimum Gasteiger partial charge on any atom is -0.363 e. The molecule has 1 aromatic heterocycles. The monoisotopic (exact) mass is 321 g/mol. The zero-order valence-electron chi connectivity index (χ0n) is 14.0. The molecule has 0 unspecified atom stereocenters. The Labute approximate surface area is 142 Å². The second-order valence-electron chi connectivity index (χ2n) is 5.81. The van der Waals surface area contributed by atoms with Crippen LogP contribution >= 0.6 is 0 Å². The van der Waals surface area contributed by atoms with Crippen LogP contribution in [0.2, 0.25) is 0 Å². The molecule has 0 bridgehead atoms. The number of aromatic amines is 1. The average Bonchev–Trinajstić information content (AvgIpc) is 3.04. The van der Waals surface area contributed by atoms with Gasteiger partial charge >= 0.3 is 0 Å². The molecule has 0 saturated carbocycles. The van der Waals surface area contributed by atoms with E-state index in [4.69, 9.17) is 0 Å². The molecule has 2 aromatic carbocycles. The Morgan fingerprint density at radius 2 is 1.83 bits per heavy atom. The number of H-pyrrole nitrogens is 1. The summed E-state index contributed by atoms with van der Waals surface area (Å²) in [5.41, 5.74) is 3.45. The number of hydrogen-bond acceptors (Lipinski definition) is 2. The smallest absolute Gasteiger partial charge is 0.239 e. The third-order valence-electron chi connectivity index (χ3n) is 4.23. The van der Waals surface area contributed by atoms with Gasteiger partial charge in [0.25, 0.3) is 0 Å². The van der Waals surface area contributed by atoms with Crippen molar-refractivity contribution in [2.75, 3.05) is 24.5 Å². The minimum atomic E-state index is 0.0561. The fraction of sp³-hybridized carbons (Fsp3) is 0.250. The molecule has 0 aliphatic heterocycles. The summed E-state index contributed by atoms with van der Waals surface area (Å²) in [4.78, 5) is 17.6. The van der Waals surface area contributed by atoms with Gasteiger partial charge in [-0.15, -0.1) is 0 Å². The van der Waals surface area contributed by atoms with E-state index >= 15 is 0 Å². The zero-order chi connectivity index (χ0) is 16.8. The van der Waals surface area contributed by atoms with E-state index in [1.807, 2.05) is 48.7 Å². The highest BCUT2D eigenvalue weighted by Gasteiger charge is 2.10. The maximum atomic E-state index is 12.2. The maximum Gasteiger partial charge on any atom is 0.239 e. The molecule has 0 radical (unpaired) electrons. The molecular weight excluding hydrogens is 298 g/mol. The van der Waals surface area contributed by atoms with Crippen molar-refractivity contribution in [1.82, 2.24) is 10.3 Å². The molecule has 0 aliphatic carbocycles. The van der Waals surface area contributed by atoms with E-state index in [1.54, 1.807) is 0 Å². The zero-order valence-corrected chi connectivity index (χ0v) is 14.0. The predicted octanol–water partition coefficient (Wildman–Crippen LogP) is 3.35. The van der Waals surface area contributed by atoms with Crippen molar-refractivity contribution in [1.29, 1.82) is 0 Å². The van der Waals surface area contributed by atoms with Crippen LogP contribution in [-0.2, 0) is 11.2 Å². The van der Waals surface area contributed by atoms with Crippen molar-refractivity contribution in [2.45, 2.75) is 13.3 Å². The molecule has 3 aromatic rings. The Hall–Kier alpha value is -2.75. The fourth-order valence-electron chi connectivity index (χ4n) is 2.93. The summed E-state index contributed by atoms with van der Waals surface area (Å²) in [5.74, 6) is 0.0561. The SMILES string of the molecule is CCN(CC(=O)NCCc1c[nH]c2ccccc12)c1ccccc1. The molecule has 1 amide bonds. The number of carbonyl (C=O) groups is 1. The normalized spacial score (nSPS) is 10.7. The van der Waals surface area contributed by atoms with Gasteiger partial charge in [-0.2, -0.15) is 0 Å². The standard InChI is InChI=1S/C20H23N3O/c1-2-23(17-8-4-3-5-9-17)15-20(24)21-13-12-16-14-22-19-11-7-6-10-18(16)19/h3-11,14,22H,2,12-13,15H2,1H3,(H,21,24). The summed E-state index contributed by atoms with van der Waals surface area (Å²) in [7, 11) is 0. The van der Waals surface area contributed by atoms with Crippen molar-refractivity contribution in [3.63, 3.8) is 0 Å². The van der Waals surface area contributed by atoms with Crippen molar-refractivity contribution < 1.29 is 4.79 Å². The third kappa shape index (κ3) is 3.77. The third-order valence-corrected chi connectivity index (χ3v) is 4.23. The molecule has 0 saturated heterocycles. The van der Waals surface area contributed by atoms with E-state index in [0.717, 1.165) is 24.2 Å². The van der Waals surface area contributed by atoms with E-state index in [9.17, 15) is 4.79 Å². The number of benzene rings is 2. The van der Waals surface area contributed by atoms with Gasteiger partial charge in [0.1, 0.15) is 0 Å². The van der Waals surface area contributed by atoms with E-state index < -0.39 is 0 Å². The van der Waals surface area contributed by atoms with Crippen LogP contribution in [0.1, 0.15) is 12.5 Å². The number of rotatable bonds is 7. The number of fused-ring (bicyclic) bond motifs is 1. The second-order valence-corrected chi connectivity index (χ2v) is 5.81. The lowest BCUT2D eigenvalue weighted by atomic mass is 10.1. The first-order chi connectivity index (χ1) is 11.8. The summed E-state index contributed by atoms with van der Waals surface area (Å²) in [6.45, 7) is 3.90. The van der Waals surface area contributed by atoms with Crippen LogP contribution in [0.5, 0.6) is 0 Å². The van der Waals surface area contributed by atoms with Crippen LogP contribution in [0.4, 0.5) is 5.69 Å². The van der Waals surface area contributed by atoms with E-state index in [1.165, 1.54) is 10.9 Å². The van der Waals surface area contributed by atoms with Gasteiger partial charge in [-0.05, 0) is 37.1 Å².